The van der Waals surface area contributed by atoms with Crippen LogP contribution >= 0.6 is 0 Å². The Balaban J connectivity index is 4.56. The summed E-state index contributed by atoms with van der Waals surface area (Å²) < 4.78 is 19.9. The third-order valence-corrected chi connectivity index (χ3v) is 2.20. The number of ether oxygens (including phenoxy) is 4. The Hall–Kier alpha value is -0.693. The smallest absolute Gasteiger partial charge is 0.334 e. The van der Waals surface area contributed by atoms with Gasteiger partial charge in [0.25, 0.3) is 0 Å². The molecule has 6 heteroatoms. The monoisotopic (exact) mass is 231 g/mol. The van der Waals surface area contributed by atoms with Crippen LogP contribution < -0.4 is 0 Å². The summed E-state index contributed by atoms with van der Waals surface area (Å²) in [7, 11) is 7.50. The molecule has 85 valence electrons. The topological polar surface area (TPSA) is 54.0 Å². The maximum atomic E-state index is 11.1. The lowest BCUT2D eigenvalue weighted by Crippen LogP contribution is -2.42. The lowest BCUT2D eigenvalue weighted by atomic mass is 10.3. The van der Waals surface area contributed by atoms with Crippen molar-refractivity contribution in [1.82, 2.24) is 0 Å². The first-order valence-corrected chi connectivity index (χ1v) is 4.81. The van der Waals surface area contributed by atoms with Crippen LogP contribution in [0.25, 0.3) is 0 Å². The molecule has 0 aliphatic carbocycles. The number of esters is 1. The van der Waals surface area contributed by atoms with Gasteiger partial charge in [-0.25, -0.2) is 4.79 Å². The summed E-state index contributed by atoms with van der Waals surface area (Å²) in [5.74, 6) is -2.10. The van der Waals surface area contributed by atoms with Gasteiger partial charge in [0.05, 0.1) is 16.7 Å². The van der Waals surface area contributed by atoms with E-state index in [0.717, 1.165) is 6.08 Å². The van der Waals surface area contributed by atoms with Crippen molar-refractivity contribution in [3.8, 4) is 0 Å². The second-order valence-electron chi connectivity index (χ2n) is 2.64. The molecule has 3 radical (unpaired) electrons. The molecule has 1 atom stereocenters. The van der Waals surface area contributed by atoms with Gasteiger partial charge in [-0.2, -0.15) is 0 Å². The van der Waals surface area contributed by atoms with Crippen LogP contribution in [0.5, 0.6) is 0 Å². The van der Waals surface area contributed by atoms with Crippen molar-refractivity contribution >= 4 is 16.2 Å². The molecule has 0 bridgehead atoms. The van der Waals surface area contributed by atoms with Crippen LogP contribution in [-0.2, 0) is 23.7 Å². The van der Waals surface area contributed by atoms with E-state index < -0.39 is 11.9 Å². The molecule has 1 unspecified atom stereocenters. The molecular formula is C9H15O5Si. The molecule has 0 spiro atoms. The first-order chi connectivity index (χ1) is 7.03. The SMILES string of the molecule is C=CC(=O)OC(CC([Si])OC)(OC)OC. The third-order valence-electron chi connectivity index (χ3n) is 1.76. The van der Waals surface area contributed by atoms with Gasteiger partial charge in [0.15, 0.2) is 0 Å². The Labute approximate surface area is 92.8 Å². The van der Waals surface area contributed by atoms with Gasteiger partial charge in [0, 0.05) is 33.1 Å². The van der Waals surface area contributed by atoms with Gasteiger partial charge in [-0.15, -0.1) is 0 Å². The summed E-state index contributed by atoms with van der Waals surface area (Å²) in [6, 6.07) is 0. The molecule has 5 nitrogen and oxygen atoms in total. The fraction of sp³-hybridized carbons (Fsp3) is 0.667. The van der Waals surface area contributed by atoms with E-state index in [-0.39, 0.29) is 12.1 Å². The number of hydrogen-bond donors (Lipinski definition) is 0. The van der Waals surface area contributed by atoms with Crippen molar-refractivity contribution in [2.24, 2.45) is 0 Å². The average Bonchev–Trinajstić information content (AvgIpc) is 2.27. The van der Waals surface area contributed by atoms with Crippen molar-refractivity contribution < 1.29 is 23.7 Å². The Morgan fingerprint density at radius 1 is 1.47 bits per heavy atom. The molecular weight excluding hydrogens is 216 g/mol. The van der Waals surface area contributed by atoms with E-state index in [1.54, 1.807) is 0 Å². The molecule has 0 aromatic carbocycles. The van der Waals surface area contributed by atoms with Crippen LogP contribution in [0, 0.1) is 0 Å². The van der Waals surface area contributed by atoms with Crippen molar-refractivity contribution in [1.29, 1.82) is 0 Å². The maximum Gasteiger partial charge on any atom is 0.334 e. The van der Waals surface area contributed by atoms with E-state index in [1.807, 2.05) is 0 Å². The predicted octanol–water partition coefficient (Wildman–Crippen LogP) is 0.193. The first kappa shape index (κ1) is 14.3. The molecule has 0 aromatic heterocycles. The highest BCUT2D eigenvalue weighted by Gasteiger charge is 2.36. The van der Waals surface area contributed by atoms with Crippen molar-refractivity contribution in [2.75, 3.05) is 21.3 Å². The van der Waals surface area contributed by atoms with Crippen LogP contribution in [0.3, 0.4) is 0 Å². The van der Waals surface area contributed by atoms with E-state index in [2.05, 4.69) is 16.8 Å². The number of carbonyl (C=O) groups is 1. The van der Waals surface area contributed by atoms with Gasteiger partial charge in [0.1, 0.15) is 0 Å². The summed E-state index contributed by atoms with van der Waals surface area (Å²) in [5, 5.41) is 0. The molecule has 0 amide bonds. The quantitative estimate of drug-likeness (QED) is 0.271. The highest BCUT2D eigenvalue weighted by Crippen LogP contribution is 2.20. The minimum absolute atomic E-state index is 0.187. The summed E-state index contributed by atoms with van der Waals surface area (Å²) in [4.78, 5) is 11.1. The van der Waals surface area contributed by atoms with Gasteiger partial charge in [-0.3, -0.25) is 0 Å². The third kappa shape index (κ3) is 4.56. The Morgan fingerprint density at radius 3 is 2.33 bits per heavy atom. The van der Waals surface area contributed by atoms with Gasteiger partial charge >= 0.3 is 11.9 Å². The van der Waals surface area contributed by atoms with E-state index in [0.29, 0.717) is 0 Å². The fourth-order valence-corrected chi connectivity index (χ4v) is 1.13. The molecule has 0 fully saturated rings. The summed E-state index contributed by atoms with van der Waals surface area (Å²) >= 11 is 0. The zero-order valence-electron chi connectivity index (χ0n) is 9.11. The molecule has 0 saturated heterocycles. The second-order valence-corrected chi connectivity index (χ2v) is 3.29. The molecule has 15 heavy (non-hydrogen) atoms. The van der Waals surface area contributed by atoms with Crippen molar-refractivity contribution in [3.05, 3.63) is 12.7 Å². The molecule has 0 N–H and O–H groups in total. The molecule has 0 aliphatic rings. The van der Waals surface area contributed by atoms with Gasteiger partial charge in [-0.1, -0.05) is 6.58 Å². The van der Waals surface area contributed by atoms with Gasteiger partial charge < -0.3 is 18.9 Å². The Kier molecular flexibility index (Phi) is 6.42. The second kappa shape index (κ2) is 6.73. The average molecular weight is 231 g/mol. The minimum atomic E-state index is -1.46. The number of hydrogen-bond acceptors (Lipinski definition) is 5. The summed E-state index contributed by atoms with van der Waals surface area (Å²) in [6.45, 7) is 3.28. The van der Waals surface area contributed by atoms with Crippen LogP contribution in [0.2, 0.25) is 0 Å². The minimum Gasteiger partial charge on any atom is -0.404 e. The highest BCUT2D eigenvalue weighted by molar-refractivity contribution is 6.11. The Morgan fingerprint density at radius 2 is 2.00 bits per heavy atom. The van der Waals surface area contributed by atoms with Crippen molar-refractivity contribution in [3.63, 3.8) is 0 Å². The fourth-order valence-electron chi connectivity index (χ4n) is 0.880. The normalized spacial score (nSPS) is 13.3. The lowest BCUT2D eigenvalue weighted by Gasteiger charge is -2.31. The van der Waals surface area contributed by atoms with Gasteiger partial charge in [0.2, 0.25) is 0 Å². The summed E-state index contributed by atoms with van der Waals surface area (Å²) in [5.41, 5.74) is -0.359. The zero-order valence-corrected chi connectivity index (χ0v) is 10.1. The van der Waals surface area contributed by atoms with Gasteiger partial charge in [-0.05, 0) is 0 Å². The van der Waals surface area contributed by atoms with Crippen LogP contribution in [0.15, 0.2) is 12.7 Å². The van der Waals surface area contributed by atoms with E-state index in [1.165, 1.54) is 21.3 Å². The lowest BCUT2D eigenvalue weighted by molar-refractivity contribution is -0.349. The van der Waals surface area contributed by atoms with E-state index >= 15 is 0 Å². The maximum absolute atomic E-state index is 11.1. The van der Waals surface area contributed by atoms with E-state index in [9.17, 15) is 4.79 Å². The highest BCUT2D eigenvalue weighted by atomic mass is 28.1. The molecule has 0 aliphatic heterocycles. The van der Waals surface area contributed by atoms with Crippen molar-refractivity contribution in [2.45, 2.75) is 18.1 Å². The molecule has 0 rings (SSSR count). The zero-order chi connectivity index (χ0) is 11.9. The largest absolute Gasteiger partial charge is 0.404 e. The van der Waals surface area contributed by atoms with Crippen LogP contribution in [0.4, 0.5) is 0 Å². The number of carbonyl (C=O) groups excluding carboxylic acids is 1. The molecule has 0 saturated carbocycles. The summed E-state index contributed by atoms with van der Waals surface area (Å²) in [6.07, 6.45) is 1.22. The number of methoxy groups -OCH3 is 3. The molecule has 0 aromatic rings. The Bertz CT molecular complexity index is 215. The first-order valence-electron chi connectivity index (χ1n) is 4.23. The molecule has 0 heterocycles. The standard InChI is InChI=1S/C9H15O5Si/c1-5-7(10)14-9(12-3,13-4)6-8(15)11-2/h5,8H,1,6H2,2-4H3. The number of rotatable bonds is 7. The van der Waals surface area contributed by atoms with Crippen LogP contribution in [-0.4, -0.2) is 49.2 Å². The van der Waals surface area contributed by atoms with E-state index in [4.69, 9.17) is 18.9 Å². The predicted molar refractivity (Wildman–Crippen MR) is 54.2 cm³/mol. The van der Waals surface area contributed by atoms with Crippen LogP contribution in [0.1, 0.15) is 6.42 Å².